The van der Waals surface area contributed by atoms with Gasteiger partial charge >= 0.3 is 5.97 Å². The number of esters is 1. The van der Waals surface area contributed by atoms with Crippen molar-refractivity contribution >= 4 is 29.2 Å². The monoisotopic (exact) mass is 530 g/mol. The highest BCUT2D eigenvalue weighted by molar-refractivity contribution is 6.31. The topological polar surface area (TPSA) is 87.5 Å². The summed E-state index contributed by atoms with van der Waals surface area (Å²) in [4.78, 5) is 17.8. The number of hydrogen-bond acceptors (Lipinski definition) is 7. The molecule has 1 aliphatic rings. The predicted molar refractivity (Wildman–Crippen MR) is 145 cm³/mol. The largest absolute Gasteiger partial charge is 0.490 e. The fourth-order valence-corrected chi connectivity index (χ4v) is 4.57. The van der Waals surface area contributed by atoms with Crippen LogP contribution in [0.1, 0.15) is 36.6 Å². The van der Waals surface area contributed by atoms with Crippen molar-refractivity contribution in [1.29, 1.82) is 0 Å². The molecule has 1 unspecified atom stereocenters. The van der Waals surface area contributed by atoms with Crippen LogP contribution in [0.3, 0.4) is 0 Å². The summed E-state index contributed by atoms with van der Waals surface area (Å²) in [6, 6.07) is 22.1. The molecule has 3 aromatic carbocycles. The number of fused-ring (bicyclic) bond motifs is 1. The van der Waals surface area contributed by atoms with E-state index >= 15 is 0 Å². The highest BCUT2D eigenvalue weighted by Crippen LogP contribution is 2.41. The molecule has 1 N–H and O–H groups in total. The van der Waals surface area contributed by atoms with E-state index in [0.717, 1.165) is 16.7 Å². The van der Waals surface area contributed by atoms with Gasteiger partial charge in [0.2, 0.25) is 5.95 Å². The smallest absolute Gasteiger partial charge is 0.338 e. The molecule has 0 saturated heterocycles. The molecular formula is C29H27ClN4O4. The van der Waals surface area contributed by atoms with Crippen molar-refractivity contribution in [2.75, 3.05) is 18.5 Å². The Morgan fingerprint density at radius 2 is 1.76 bits per heavy atom. The molecule has 0 radical (unpaired) electrons. The Bertz CT molecular complexity index is 1470. The Morgan fingerprint density at radius 3 is 2.53 bits per heavy atom. The van der Waals surface area contributed by atoms with Crippen molar-refractivity contribution in [3.63, 3.8) is 0 Å². The van der Waals surface area contributed by atoms with Crippen LogP contribution in [0, 0.1) is 0 Å². The number of halogens is 1. The first-order valence-corrected chi connectivity index (χ1v) is 12.7. The lowest BCUT2D eigenvalue weighted by Crippen LogP contribution is -2.30. The van der Waals surface area contributed by atoms with Crippen molar-refractivity contribution in [2.45, 2.75) is 26.5 Å². The Hall–Kier alpha value is -4.30. The van der Waals surface area contributed by atoms with E-state index in [4.69, 9.17) is 25.8 Å². The Labute approximate surface area is 225 Å². The van der Waals surface area contributed by atoms with E-state index in [-0.39, 0.29) is 13.2 Å². The van der Waals surface area contributed by atoms with Crippen LogP contribution in [0.25, 0.3) is 5.70 Å². The molecule has 1 aliphatic heterocycles. The lowest BCUT2D eigenvalue weighted by atomic mass is 9.92. The van der Waals surface area contributed by atoms with Gasteiger partial charge in [0.15, 0.2) is 11.5 Å². The summed E-state index contributed by atoms with van der Waals surface area (Å²) in [7, 11) is 0. The van der Waals surface area contributed by atoms with Crippen molar-refractivity contribution in [3.05, 3.63) is 106 Å². The van der Waals surface area contributed by atoms with E-state index in [1.54, 1.807) is 11.6 Å². The third-order valence-corrected chi connectivity index (χ3v) is 6.45. The van der Waals surface area contributed by atoms with Crippen LogP contribution in [0.15, 0.2) is 84.7 Å². The molecule has 38 heavy (non-hydrogen) atoms. The summed E-state index contributed by atoms with van der Waals surface area (Å²) in [5.41, 5.74) is 3.50. The molecule has 4 aromatic rings. The number of carbonyl (C=O) groups is 1. The number of nitrogens with zero attached hydrogens (tertiary/aromatic N) is 3. The zero-order valence-corrected chi connectivity index (χ0v) is 21.8. The molecule has 9 heteroatoms. The van der Waals surface area contributed by atoms with Gasteiger partial charge in [-0.15, -0.1) is 0 Å². The molecule has 0 spiro atoms. The lowest BCUT2D eigenvalue weighted by molar-refractivity contribution is -0.138. The summed E-state index contributed by atoms with van der Waals surface area (Å²) in [5, 5.41) is 8.34. The number of rotatable bonds is 9. The van der Waals surface area contributed by atoms with Crippen molar-refractivity contribution in [2.24, 2.45) is 0 Å². The molecule has 0 bridgehead atoms. The van der Waals surface area contributed by atoms with Crippen LogP contribution < -0.4 is 14.8 Å². The van der Waals surface area contributed by atoms with Gasteiger partial charge in [-0.2, -0.15) is 10.1 Å². The average molecular weight is 531 g/mol. The predicted octanol–water partition coefficient (Wildman–Crippen LogP) is 5.90. The van der Waals surface area contributed by atoms with E-state index in [9.17, 15) is 4.79 Å². The molecule has 2 heterocycles. The van der Waals surface area contributed by atoms with Crippen LogP contribution in [0.4, 0.5) is 5.95 Å². The quantitative estimate of drug-likeness (QED) is 0.270. The van der Waals surface area contributed by atoms with Gasteiger partial charge in [-0.3, -0.25) is 0 Å². The summed E-state index contributed by atoms with van der Waals surface area (Å²) in [6.45, 7) is 4.64. The van der Waals surface area contributed by atoms with Gasteiger partial charge < -0.3 is 19.5 Å². The molecular weight excluding hydrogens is 504 g/mol. The summed E-state index contributed by atoms with van der Waals surface area (Å²) in [5.74, 6) is 1.18. The highest BCUT2D eigenvalue weighted by atomic mass is 35.5. The third-order valence-electron chi connectivity index (χ3n) is 6.08. The second kappa shape index (κ2) is 11.4. The number of anilines is 1. The maximum Gasteiger partial charge on any atom is 0.338 e. The fraction of sp³-hybridized carbons (Fsp3) is 0.207. The van der Waals surface area contributed by atoms with Gasteiger partial charge in [-0.05, 0) is 43.2 Å². The molecule has 0 aliphatic carbocycles. The van der Waals surface area contributed by atoms with Crippen molar-refractivity contribution in [1.82, 2.24) is 14.8 Å². The number of benzene rings is 3. The fourth-order valence-electron chi connectivity index (χ4n) is 4.38. The zero-order valence-electron chi connectivity index (χ0n) is 21.1. The summed E-state index contributed by atoms with van der Waals surface area (Å²) in [6.07, 6.45) is 1.45. The normalized spacial score (nSPS) is 14.4. The maximum absolute atomic E-state index is 13.4. The third kappa shape index (κ3) is 5.08. The van der Waals surface area contributed by atoms with Crippen molar-refractivity contribution < 1.29 is 19.0 Å². The number of hydrogen-bond donors (Lipinski definition) is 1. The molecule has 8 nitrogen and oxygen atoms in total. The van der Waals surface area contributed by atoms with Crippen LogP contribution in [0.2, 0.25) is 5.02 Å². The average Bonchev–Trinajstić information content (AvgIpc) is 3.41. The number of aromatic nitrogens is 3. The van der Waals surface area contributed by atoms with Gasteiger partial charge in [0.05, 0.1) is 24.5 Å². The second-order valence-electron chi connectivity index (χ2n) is 8.45. The van der Waals surface area contributed by atoms with Gasteiger partial charge in [-0.1, -0.05) is 66.2 Å². The Balaban J connectivity index is 1.59. The number of ether oxygens (including phenoxy) is 3. The first-order chi connectivity index (χ1) is 18.6. The molecule has 0 fully saturated rings. The Kier molecular flexibility index (Phi) is 7.60. The summed E-state index contributed by atoms with van der Waals surface area (Å²) >= 11 is 6.31. The number of carbonyl (C=O) groups excluding carboxylic acids is 1. The summed E-state index contributed by atoms with van der Waals surface area (Å²) < 4.78 is 19.2. The van der Waals surface area contributed by atoms with Crippen LogP contribution in [-0.2, 0) is 16.1 Å². The van der Waals surface area contributed by atoms with Crippen LogP contribution in [0.5, 0.6) is 11.5 Å². The first-order valence-electron chi connectivity index (χ1n) is 12.4. The van der Waals surface area contributed by atoms with E-state index in [1.165, 1.54) is 6.33 Å². The molecule has 1 atom stereocenters. The SMILES string of the molecule is CCOC(=O)C1=C(c2ccccc2)Nc2ncnn2C1c1ccc(OCc2ccccc2Cl)c(OCC)c1. The van der Waals surface area contributed by atoms with Gasteiger partial charge in [0, 0.05) is 10.6 Å². The molecule has 0 saturated carbocycles. The lowest BCUT2D eigenvalue weighted by Gasteiger charge is -2.30. The minimum absolute atomic E-state index is 0.236. The van der Waals surface area contributed by atoms with E-state index in [0.29, 0.717) is 40.3 Å². The van der Waals surface area contributed by atoms with Crippen LogP contribution in [-0.4, -0.2) is 33.9 Å². The van der Waals surface area contributed by atoms with E-state index < -0.39 is 12.0 Å². The standard InChI is InChI=1S/C29H27ClN4O4/c1-3-36-24-16-20(14-15-23(24)38-17-21-12-8-9-13-22(21)30)27-25(28(35)37-4-2)26(19-10-6-5-7-11-19)33-29-31-18-32-34(27)29/h5-16,18,27H,3-4,17H2,1-2H3,(H,31,32,33). The zero-order chi connectivity index (χ0) is 26.5. The van der Waals surface area contributed by atoms with Crippen LogP contribution >= 0.6 is 11.6 Å². The second-order valence-corrected chi connectivity index (χ2v) is 8.86. The van der Waals surface area contributed by atoms with E-state index in [1.807, 2.05) is 79.7 Å². The Morgan fingerprint density at radius 1 is 0.974 bits per heavy atom. The van der Waals surface area contributed by atoms with E-state index in [2.05, 4.69) is 15.4 Å². The first kappa shape index (κ1) is 25.4. The highest BCUT2D eigenvalue weighted by Gasteiger charge is 2.36. The number of nitrogens with one attached hydrogen (secondary N) is 1. The van der Waals surface area contributed by atoms with Gasteiger partial charge in [0.25, 0.3) is 0 Å². The minimum Gasteiger partial charge on any atom is -0.490 e. The molecule has 0 amide bonds. The minimum atomic E-state index is -0.611. The molecule has 5 rings (SSSR count). The maximum atomic E-state index is 13.4. The van der Waals surface area contributed by atoms with Crippen molar-refractivity contribution in [3.8, 4) is 11.5 Å². The van der Waals surface area contributed by atoms with Gasteiger partial charge in [0.1, 0.15) is 19.0 Å². The molecule has 194 valence electrons. The van der Waals surface area contributed by atoms with Gasteiger partial charge in [-0.25, -0.2) is 9.48 Å². The molecule has 1 aromatic heterocycles.